The van der Waals surface area contributed by atoms with Crippen LogP contribution in [0.15, 0.2) is 196 Å². The van der Waals surface area contributed by atoms with Gasteiger partial charge in [0.05, 0.1) is 74.6 Å². The lowest BCUT2D eigenvalue weighted by molar-refractivity contribution is -0.384. The first-order valence-corrected chi connectivity index (χ1v) is 36.1. The van der Waals surface area contributed by atoms with Crippen molar-refractivity contribution in [2.45, 2.75) is 51.5 Å². The summed E-state index contributed by atoms with van der Waals surface area (Å²) >= 11 is 3.71. The van der Waals surface area contributed by atoms with E-state index < -0.39 is 16.9 Å². The third-order valence-electron chi connectivity index (χ3n) is 17.6. The minimum atomic E-state index is -1.05. The van der Waals surface area contributed by atoms with Gasteiger partial charge in [0.2, 0.25) is 0 Å². The van der Waals surface area contributed by atoms with Crippen LogP contribution in [0.4, 0.5) is 34.1 Å². The van der Waals surface area contributed by atoms with Crippen LogP contribution in [0.5, 0.6) is 17.2 Å². The number of rotatable bonds is 31. The number of anilines is 1. The number of carboxylic acid groups (broad SMARTS) is 1. The Labute approximate surface area is 619 Å². The number of hydrogen-bond donors (Lipinski definition) is 3. The van der Waals surface area contributed by atoms with E-state index in [9.17, 15) is 34.4 Å². The number of methoxy groups -OCH3 is 1. The molecule has 10 aromatic rings. The Morgan fingerprint density at radius 1 is 0.575 bits per heavy atom. The second-order valence-electron chi connectivity index (χ2n) is 25.0. The molecule has 0 amide bonds. The number of aryl methyl sites for hydroxylation is 2. The van der Waals surface area contributed by atoms with Gasteiger partial charge in [-0.15, -0.1) is 38.9 Å². The highest BCUT2D eigenvalue weighted by molar-refractivity contribution is 8.18. The summed E-state index contributed by atoms with van der Waals surface area (Å²) in [4.78, 5) is 79.9. The number of nitrogens with one attached hydrogen (secondary N) is 2. The maximum Gasteiger partial charge on any atom is 0.338 e. The quantitative estimate of drug-likeness (QED) is 0.00692. The number of esters is 1. The number of nitrogens with zero attached hydrogens (tertiary/aromatic N) is 8. The average molecular weight is 1460 g/mol. The Morgan fingerprint density at radius 2 is 1.05 bits per heavy atom. The van der Waals surface area contributed by atoms with Crippen LogP contribution in [-0.2, 0) is 19.1 Å². The number of nitro groups is 1. The number of ether oxygens (including phenoxy) is 5. The Morgan fingerprint density at radius 3 is 1.52 bits per heavy atom. The molecule has 2 aliphatic heterocycles. The first kappa shape index (κ1) is 73.6. The van der Waals surface area contributed by atoms with Gasteiger partial charge in [0.15, 0.2) is 5.69 Å². The Balaban J connectivity index is 0.677. The highest BCUT2D eigenvalue weighted by Gasteiger charge is 2.23. The maximum absolute atomic E-state index is 13.7. The standard InChI is InChI=1S/C82H74N10O12S2/c1-7-91(60-25-23-59(24-26-60)87-90-73-47-52(3)72(48-75(73)100-6)89-88-63-31-10-51(2)46-74(63)92(98)99)40-43-101-41-8-44-105-82(4,5)106-45-9-42-102-81(97)58-17-13-54(14-18-58)77-66-33-32-64(83-66)76(53-11-15-57(16-12-53)80(95)96)65-34-36-68(84-65)78(55-19-27-61(28-20-55)103-49-93)70-38-39-71(86-70)79(69-37-35-67(77)85-69)56-21-29-62(30-22-56)104-50-94/h10-39,46-50,84-85H,7-9,40-45H2,1-6H3,(H,95,96). The Hall–Kier alpha value is -12.1. The predicted molar refractivity (Wildman–Crippen MR) is 419 cm³/mol. The number of likely N-dealkylation sites (N-methyl/N-ethyl adjacent to an activating group) is 1. The number of aromatic amines is 2. The number of aromatic nitrogens is 4. The number of fused-ring (bicyclic) bond motifs is 8. The molecule has 7 aromatic carbocycles. The van der Waals surface area contributed by atoms with Gasteiger partial charge in [-0.1, -0.05) is 54.6 Å². The number of H-pyrrole nitrogens is 2. The van der Waals surface area contributed by atoms with Crippen LogP contribution >= 0.6 is 23.5 Å². The molecule has 12 rings (SSSR count). The van der Waals surface area contributed by atoms with Gasteiger partial charge in [0, 0.05) is 81.8 Å². The maximum atomic E-state index is 13.7. The van der Waals surface area contributed by atoms with Crippen LogP contribution in [0.25, 0.3) is 90.9 Å². The average Bonchev–Trinajstić information content (AvgIpc) is 1.60. The van der Waals surface area contributed by atoms with Crippen molar-refractivity contribution in [3.63, 3.8) is 0 Å². The van der Waals surface area contributed by atoms with Crippen molar-refractivity contribution in [3.8, 4) is 61.8 Å². The highest BCUT2D eigenvalue weighted by Crippen LogP contribution is 2.42. The number of carbonyl (C=O) groups excluding carboxylic acids is 3. The summed E-state index contributed by atoms with van der Waals surface area (Å²) in [6.07, 6.45) is 9.32. The second kappa shape index (κ2) is 34.0. The van der Waals surface area contributed by atoms with E-state index in [1.807, 2.05) is 140 Å². The summed E-state index contributed by atoms with van der Waals surface area (Å²) in [6, 6.07) is 52.2. The predicted octanol–water partition coefficient (Wildman–Crippen LogP) is 20.1. The Bertz CT molecular complexity index is 5230. The Kier molecular flexibility index (Phi) is 23.6. The van der Waals surface area contributed by atoms with Crippen LogP contribution in [0.3, 0.4) is 0 Å². The molecule has 0 spiro atoms. The van der Waals surface area contributed by atoms with Crippen molar-refractivity contribution < 1.29 is 52.9 Å². The fourth-order valence-electron chi connectivity index (χ4n) is 12.2. The molecule has 3 aromatic heterocycles. The molecule has 106 heavy (non-hydrogen) atoms. The molecule has 0 saturated carbocycles. The molecule has 0 aliphatic carbocycles. The smallest absolute Gasteiger partial charge is 0.338 e. The van der Waals surface area contributed by atoms with Gasteiger partial charge in [-0.05, 0) is 226 Å². The first-order chi connectivity index (χ1) is 51.5. The third-order valence-corrected chi connectivity index (χ3v) is 20.6. The van der Waals surface area contributed by atoms with E-state index in [2.05, 4.69) is 56.1 Å². The SMILES string of the molecule is CCN(CCOCCCSC(C)(C)SCCCOC(=O)c1ccc(-c2c3nc(c(-c4ccc(C(=O)O)cc4)c4ccc([nH]4)c(-c4ccc(OC=O)cc4)c4nc(c(-c5ccc(OC=O)cc5)c5ccc2[nH]5)C=C4)C=C3)cc1)c1ccc(N=Nc2cc(C)c(N=Nc3ccc(C)cc3[N+](=O)[O-])cc2OC)cc1. The minimum absolute atomic E-state index is 0.0720. The number of thioether (sulfide) groups is 2. The van der Waals surface area contributed by atoms with Crippen molar-refractivity contribution in [3.05, 3.63) is 231 Å². The molecule has 24 heteroatoms. The number of hydrogen-bond acceptors (Lipinski definition) is 20. The molecule has 0 atom stereocenters. The van der Waals surface area contributed by atoms with Crippen molar-refractivity contribution in [1.82, 2.24) is 19.9 Å². The summed E-state index contributed by atoms with van der Waals surface area (Å²) in [5.74, 6) is 1.39. The summed E-state index contributed by atoms with van der Waals surface area (Å²) in [5.41, 5.74) is 15.9. The fourth-order valence-corrected chi connectivity index (χ4v) is 14.5. The van der Waals surface area contributed by atoms with E-state index >= 15 is 0 Å². The van der Waals surface area contributed by atoms with Gasteiger partial charge in [0.25, 0.3) is 18.6 Å². The summed E-state index contributed by atoms with van der Waals surface area (Å²) in [6.45, 7) is 13.9. The largest absolute Gasteiger partial charge is 0.494 e. The zero-order valence-electron chi connectivity index (χ0n) is 58.9. The van der Waals surface area contributed by atoms with E-state index in [0.29, 0.717) is 128 Å². The lowest BCUT2D eigenvalue weighted by Gasteiger charge is -2.24. The van der Waals surface area contributed by atoms with Crippen molar-refractivity contribution in [2.24, 2.45) is 20.5 Å². The lowest BCUT2D eigenvalue weighted by Crippen LogP contribution is -2.27. The molecule has 2 aliphatic rings. The molecule has 0 fully saturated rings. The summed E-state index contributed by atoms with van der Waals surface area (Å²) in [5, 5.41) is 38.9. The van der Waals surface area contributed by atoms with Gasteiger partial charge >= 0.3 is 11.9 Å². The number of carbonyl (C=O) groups is 4. The molecule has 0 saturated heterocycles. The van der Waals surface area contributed by atoms with Gasteiger partial charge < -0.3 is 43.7 Å². The molecule has 0 unspecified atom stereocenters. The van der Waals surface area contributed by atoms with Crippen LogP contribution in [0, 0.1) is 24.0 Å². The van der Waals surface area contributed by atoms with Crippen LogP contribution in [0.1, 0.15) is 88.2 Å². The van der Waals surface area contributed by atoms with Crippen molar-refractivity contribution >= 4 is 129 Å². The van der Waals surface area contributed by atoms with Gasteiger partial charge in [0.1, 0.15) is 22.9 Å². The molecule has 536 valence electrons. The van der Waals surface area contributed by atoms with Gasteiger partial charge in [-0.3, -0.25) is 19.7 Å². The van der Waals surface area contributed by atoms with Crippen molar-refractivity contribution in [1.29, 1.82) is 0 Å². The van der Waals surface area contributed by atoms with E-state index in [0.717, 1.165) is 81.2 Å². The molecular weight excluding hydrogens is 1380 g/mol. The number of aromatic carboxylic acids is 1. The first-order valence-electron chi connectivity index (χ1n) is 34.1. The molecule has 22 nitrogen and oxygen atoms in total. The molecular formula is C82H74N10O12S2. The zero-order chi connectivity index (χ0) is 74.3. The number of nitro benzene ring substituents is 1. The second-order valence-corrected chi connectivity index (χ2v) is 28.7. The monoisotopic (exact) mass is 1450 g/mol. The van der Waals surface area contributed by atoms with Crippen LogP contribution < -0.4 is 19.1 Å². The summed E-state index contributed by atoms with van der Waals surface area (Å²) in [7, 11) is 1.52. The topological polar surface area (TPSA) is 288 Å². The fraction of sp³-hybridized carbons (Fsp3) is 0.195. The van der Waals surface area contributed by atoms with Crippen LogP contribution in [0.2, 0.25) is 0 Å². The zero-order valence-corrected chi connectivity index (χ0v) is 60.5. The number of azo groups is 2. The molecule has 3 N–H and O–H groups in total. The van der Waals surface area contributed by atoms with E-state index in [4.69, 9.17) is 33.7 Å². The van der Waals surface area contributed by atoms with Crippen LogP contribution in [-0.4, -0.2) is 110 Å². The minimum Gasteiger partial charge on any atom is -0.494 e. The van der Waals surface area contributed by atoms with E-state index in [-0.39, 0.29) is 27.6 Å². The molecule has 5 heterocycles. The third kappa shape index (κ3) is 17.7. The summed E-state index contributed by atoms with van der Waals surface area (Å²) < 4.78 is 27.8. The van der Waals surface area contributed by atoms with E-state index in [1.165, 1.54) is 13.2 Å². The highest BCUT2D eigenvalue weighted by atomic mass is 32.2. The normalized spacial score (nSPS) is 11.9. The van der Waals surface area contributed by atoms with E-state index in [1.54, 1.807) is 91.9 Å². The molecule has 8 bridgehead atoms. The number of carboxylic acids is 1. The van der Waals surface area contributed by atoms with Crippen molar-refractivity contribution in [2.75, 3.05) is 56.4 Å². The lowest BCUT2D eigenvalue weighted by atomic mass is 10.0. The number of benzene rings is 7. The van der Waals surface area contributed by atoms with Gasteiger partial charge in [-0.2, -0.15) is 5.11 Å². The molecule has 0 radical (unpaired) electrons. The van der Waals surface area contributed by atoms with Gasteiger partial charge in [-0.25, -0.2) is 19.6 Å².